The summed E-state index contributed by atoms with van der Waals surface area (Å²) in [6.07, 6.45) is 0. The Bertz CT molecular complexity index is 304. The van der Waals surface area contributed by atoms with Gasteiger partial charge in [0.05, 0.1) is 5.02 Å². The summed E-state index contributed by atoms with van der Waals surface area (Å²) >= 11 is 9.24. The maximum Gasteiger partial charge on any atom is 0.121 e. The van der Waals surface area contributed by atoms with Gasteiger partial charge >= 0.3 is 0 Å². The molecule has 0 saturated heterocycles. The van der Waals surface area contributed by atoms with Gasteiger partial charge in [0.15, 0.2) is 0 Å². The quantitative estimate of drug-likeness (QED) is 0.735. The van der Waals surface area contributed by atoms with Gasteiger partial charge in [0.25, 0.3) is 0 Å². The van der Waals surface area contributed by atoms with Gasteiger partial charge in [0.1, 0.15) is 11.4 Å². The van der Waals surface area contributed by atoms with Crippen LogP contribution >= 0.6 is 27.5 Å². The van der Waals surface area contributed by atoms with Gasteiger partial charge in [-0.1, -0.05) is 11.6 Å². The average molecular weight is 264 g/mol. The number of benzene rings is 1. The lowest BCUT2D eigenvalue weighted by Gasteiger charge is -2.21. The van der Waals surface area contributed by atoms with Crippen molar-refractivity contribution < 1.29 is 4.74 Å². The standard InChI is InChI=1S/C10H12BrClO/c1-10(2,3)13-7-4-5-8(11)9(12)6-7/h4-6H,1-3H3. The summed E-state index contributed by atoms with van der Waals surface area (Å²) in [6.45, 7) is 6.01. The highest BCUT2D eigenvalue weighted by Gasteiger charge is 2.12. The van der Waals surface area contributed by atoms with E-state index in [0.29, 0.717) is 5.02 Å². The average Bonchev–Trinajstić information content (AvgIpc) is 1.94. The molecule has 0 saturated carbocycles. The molecule has 0 aliphatic carbocycles. The molecule has 0 atom stereocenters. The largest absolute Gasteiger partial charge is 0.488 e. The molecule has 0 N–H and O–H groups in total. The molecule has 1 nitrogen and oxygen atoms in total. The van der Waals surface area contributed by atoms with E-state index >= 15 is 0 Å². The first-order chi connectivity index (χ1) is 5.88. The van der Waals surface area contributed by atoms with Crippen LogP contribution in [0.15, 0.2) is 22.7 Å². The molecular formula is C10H12BrClO. The van der Waals surface area contributed by atoms with E-state index in [1.807, 2.05) is 32.9 Å². The molecule has 0 aliphatic heterocycles. The van der Waals surface area contributed by atoms with Crippen LogP contribution in [0.3, 0.4) is 0 Å². The van der Waals surface area contributed by atoms with Gasteiger partial charge in [0.2, 0.25) is 0 Å². The summed E-state index contributed by atoms with van der Waals surface area (Å²) in [7, 11) is 0. The van der Waals surface area contributed by atoms with Crippen molar-refractivity contribution in [2.24, 2.45) is 0 Å². The van der Waals surface area contributed by atoms with Crippen molar-refractivity contribution in [1.82, 2.24) is 0 Å². The third-order valence-corrected chi connectivity index (χ3v) is 2.55. The fourth-order valence-electron chi connectivity index (χ4n) is 0.894. The minimum atomic E-state index is -0.183. The first-order valence-electron chi connectivity index (χ1n) is 4.02. The van der Waals surface area contributed by atoms with E-state index in [0.717, 1.165) is 10.2 Å². The molecular weight excluding hydrogens is 251 g/mol. The van der Waals surface area contributed by atoms with Crippen LogP contribution in [-0.2, 0) is 0 Å². The Morgan fingerprint density at radius 2 is 1.92 bits per heavy atom. The Morgan fingerprint density at radius 1 is 1.31 bits per heavy atom. The lowest BCUT2D eigenvalue weighted by Crippen LogP contribution is -2.22. The van der Waals surface area contributed by atoms with Gasteiger partial charge in [0, 0.05) is 4.47 Å². The Balaban J connectivity index is 2.86. The molecule has 0 heterocycles. The maximum absolute atomic E-state index is 5.92. The van der Waals surface area contributed by atoms with Gasteiger partial charge in [-0.15, -0.1) is 0 Å². The minimum absolute atomic E-state index is 0.183. The lowest BCUT2D eigenvalue weighted by molar-refractivity contribution is 0.131. The summed E-state index contributed by atoms with van der Waals surface area (Å²) in [5, 5.41) is 0.668. The molecule has 0 aromatic heterocycles. The predicted octanol–water partition coefficient (Wildman–Crippen LogP) is 4.28. The zero-order valence-corrected chi connectivity index (χ0v) is 10.2. The van der Waals surface area contributed by atoms with Crippen molar-refractivity contribution in [2.75, 3.05) is 0 Å². The van der Waals surface area contributed by atoms with Crippen LogP contribution in [0, 0.1) is 0 Å². The molecule has 0 amide bonds. The van der Waals surface area contributed by atoms with Crippen molar-refractivity contribution in [3.63, 3.8) is 0 Å². The summed E-state index contributed by atoms with van der Waals surface area (Å²) < 4.78 is 6.52. The van der Waals surface area contributed by atoms with E-state index in [1.165, 1.54) is 0 Å². The van der Waals surface area contributed by atoms with Crippen LogP contribution < -0.4 is 4.74 Å². The highest BCUT2D eigenvalue weighted by molar-refractivity contribution is 9.10. The number of rotatable bonds is 1. The van der Waals surface area contributed by atoms with Crippen molar-refractivity contribution in [3.05, 3.63) is 27.7 Å². The Hall–Kier alpha value is -0.210. The lowest BCUT2D eigenvalue weighted by atomic mass is 10.2. The van der Waals surface area contributed by atoms with E-state index in [9.17, 15) is 0 Å². The van der Waals surface area contributed by atoms with Crippen LogP contribution in [0.5, 0.6) is 5.75 Å². The SMILES string of the molecule is CC(C)(C)Oc1ccc(Br)c(Cl)c1. The fourth-order valence-corrected chi connectivity index (χ4v) is 1.31. The third-order valence-electron chi connectivity index (χ3n) is 1.32. The van der Waals surface area contributed by atoms with Crippen molar-refractivity contribution >= 4 is 27.5 Å². The smallest absolute Gasteiger partial charge is 0.121 e. The van der Waals surface area contributed by atoms with Crippen LogP contribution in [0.25, 0.3) is 0 Å². The first-order valence-corrected chi connectivity index (χ1v) is 5.20. The summed E-state index contributed by atoms with van der Waals surface area (Å²) in [5.74, 6) is 0.792. The molecule has 0 unspecified atom stereocenters. The second-order valence-corrected chi connectivity index (χ2v) is 5.05. The molecule has 0 bridgehead atoms. The molecule has 0 radical (unpaired) electrons. The summed E-state index contributed by atoms with van der Waals surface area (Å²) in [5.41, 5.74) is -0.183. The van der Waals surface area contributed by atoms with Gasteiger partial charge in [-0.05, 0) is 54.9 Å². The monoisotopic (exact) mass is 262 g/mol. The molecule has 13 heavy (non-hydrogen) atoms. The zero-order valence-electron chi connectivity index (χ0n) is 7.90. The summed E-state index contributed by atoms with van der Waals surface area (Å²) in [4.78, 5) is 0. The molecule has 0 aliphatic rings. The molecule has 1 rings (SSSR count). The minimum Gasteiger partial charge on any atom is -0.488 e. The van der Waals surface area contributed by atoms with E-state index in [2.05, 4.69) is 15.9 Å². The predicted molar refractivity (Wildman–Crippen MR) is 59.5 cm³/mol. The zero-order chi connectivity index (χ0) is 10.1. The molecule has 0 spiro atoms. The van der Waals surface area contributed by atoms with Crippen molar-refractivity contribution in [1.29, 1.82) is 0 Å². The first kappa shape index (κ1) is 10.9. The maximum atomic E-state index is 5.92. The van der Waals surface area contributed by atoms with Crippen molar-refractivity contribution in [3.8, 4) is 5.75 Å². The second kappa shape index (κ2) is 3.89. The molecule has 1 aromatic carbocycles. The van der Waals surface area contributed by atoms with Gasteiger partial charge < -0.3 is 4.74 Å². The molecule has 72 valence electrons. The van der Waals surface area contributed by atoms with E-state index in [1.54, 1.807) is 6.07 Å². The van der Waals surface area contributed by atoms with Crippen LogP contribution in [-0.4, -0.2) is 5.60 Å². The number of hydrogen-bond acceptors (Lipinski definition) is 1. The molecule has 3 heteroatoms. The van der Waals surface area contributed by atoms with Crippen molar-refractivity contribution in [2.45, 2.75) is 26.4 Å². The number of halogens is 2. The Labute approximate surface area is 92.2 Å². The van der Waals surface area contributed by atoms with Crippen LogP contribution in [0.4, 0.5) is 0 Å². The van der Waals surface area contributed by atoms with E-state index in [-0.39, 0.29) is 5.60 Å². The molecule has 0 fully saturated rings. The van der Waals surface area contributed by atoms with Crippen LogP contribution in [0.1, 0.15) is 20.8 Å². The second-order valence-electron chi connectivity index (χ2n) is 3.79. The number of hydrogen-bond donors (Lipinski definition) is 0. The summed E-state index contributed by atoms with van der Waals surface area (Å²) in [6, 6.07) is 5.57. The van der Waals surface area contributed by atoms with Gasteiger partial charge in [-0.25, -0.2) is 0 Å². The Kier molecular flexibility index (Phi) is 3.25. The van der Waals surface area contributed by atoms with E-state index < -0.39 is 0 Å². The Morgan fingerprint density at radius 3 is 2.38 bits per heavy atom. The fraction of sp³-hybridized carbons (Fsp3) is 0.400. The molecule has 1 aromatic rings. The normalized spacial score (nSPS) is 11.5. The van der Waals surface area contributed by atoms with Gasteiger partial charge in [-0.3, -0.25) is 0 Å². The van der Waals surface area contributed by atoms with Gasteiger partial charge in [-0.2, -0.15) is 0 Å². The topological polar surface area (TPSA) is 9.23 Å². The van der Waals surface area contributed by atoms with Crippen LogP contribution in [0.2, 0.25) is 5.02 Å². The highest BCUT2D eigenvalue weighted by Crippen LogP contribution is 2.28. The third kappa shape index (κ3) is 3.57. The highest BCUT2D eigenvalue weighted by atomic mass is 79.9. The van der Waals surface area contributed by atoms with E-state index in [4.69, 9.17) is 16.3 Å². The number of ether oxygens (including phenoxy) is 1.